The summed E-state index contributed by atoms with van der Waals surface area (Å²) in [6.07, 6.45) is 0. The van der Waals surface area contributed by atoms with Crippen molar-refractivity contribution in [2.75, 3.05) is 13.2 Å². The van der Waals surface area contributed by atoms with Crippen molar-refractivity contribution in [3.8, 4) is 5.75 Å². The maximum absolute atomic E-state index is 12.7. The molecule has 1 aromatic rings. The van der Waals surface area contributed by atoms with E-state index in [-0.39, 0.29) is 13.2 Å². The molecular formula is C19H23NO5. The van der Waals surface area contributed by atoms with Crippen LogP contribution in [0, 0.1) is 5.92 Å². The van der Waals surface area contributed by atoms with Crippen LogP contribution in [0.4, 0.5) is 0 Å². The van der Waals surface area contributed by atoms with Crippen molar-refractivity contribution in [1.82, 2.24) is 5.32 Å². The first-order valence-electron chi connectivity index (χ1n) is 8.53. The fourth-order valence-electron chi connectivity index (χ4n) is 3.80. The van der Waals surface area contributed by atoms with Crippen LogP contribution < -0.4 is 10.1 Å². The van der Waals surface area contributed by atoms with Gasteiger partial charge in [0.1, 0.15) is 11.7 Å². The zero-order valence-electron chi connectivity index (χ0n) is 14.9. The van der Waals surface area contributed by atoms with Crippen LogP contribution in [0.1, 0.15) is 39.2 Å². The molecule has 0 aromatic heterocycles. The van der Waals surface area contributed by atoms with Gasteiger partial charge in [0, 0.05) is 17.2 Å². The number of fused-ring (bicyclic) bond motifs is 4. The third-order valence-electron chi connectivity index (χ3n) is 4.69. The summed E-state index contributed by atoms with van der Waals surface area (Å²) in [6, 6.07) is 7.45. The summed E-state index contributed by atoms with van der Waals surface area (Å²) in [5.41, 5.74) is 0.904. The van der Waals surface area contributed by atoms with Crippen LogP contribution >= 0.6 is 0 Å². The van der Waals surface area contributed by atoms with Crippen molar-refractivity contribution in [3.05, 3.63) is 41.1 Å². The molecule has 2 bridgehead atoms. The molecule has 0 fully saturated rings. The summed E-state index contributed by atoms with van der Waals surface area (Å²) in [4.78, 5) is 25.4. The SMILES string of the molecule is CCOC(=O)C1=C(C)NC2(C)Oc3ccccc3C1C2C(=O)OCC. The van der Waals surface area contributed by atoms with Gasteiger partial charge in [0.2, 0.25) is 0 Å². The van der Waals surface area contributed by atoms with Crippen molar-refractivity contribution < 1.29 is 23.8 Å². The molecule has 0 saturated carbocycles. The monoisotopic (exact) mass is 345 g/mol. The molecule has 0 amide bonds. The number of hydrogen-bond acceptors (Lipinski definition) is 6. The first-order chi connectivity index (χ1) is 11.9. The van der Waals surface area contributed by atoms with Crippen molar-refractivity contribution >= 4 is 11.9 Å². The lowest BCUT2D eigenvalue weighted by molar-refractivity contribution is -0.161. The van der Waals surface area contributed by atoms with E-state index in [4.69, 9.17) is 14.2 Å². The van der Waals surface area contributed by atoms with Gasteiger partial charge in [0.15, 0.2) is 5.72 Å². The minimum atomic E-state index is -0.995. The summed E-state index contributed by atoms with van der Waals surface area (Å²) in [6.45, 7) is 7.65. The van der Waals surface area contributed by atoms with Gasteiger partial charge < -0.3 is 19.5 Å². The standard InChI is InChI=1S/C19H23NO5/c1-5-23-17(21)14-11(3)20-19(4)16(18(22)24-6-2)15(14)12-9-7-8-10-13(12)25-19/h7-10,15-16,20H,5-6H2,1-4H3. The summed E-state index contributed by atoms with van der Waals surface area (Å²) in [5.74, 6) is -1.34. The molecule has 3 unspecified atom stereocenters. The molecule has 2 aliphatic rings. The number of para-hydroxylation sites is 1. The van der Waals surface area contributed by atoms with Crippen molar-refractivity contribution in [1.29, 1.82) is 0 Å². The van der Waals surface area contributed by atoms with Gasteiger partial charge in [-0.2, -0.15) is 0 Å². The highest BCUT2D eigenvalue weighted by Crippen LogP contribution is 2.51. The van der Waals surface area contributed by atoms with Crippen LogP contribution in [0.5, 0.6) is 5.75 Å². The molecule has 0 spiro atoms. The van der Waals surface area contributed by atoms with E-state index >= 15 is 0 Å². The average Bonchev–Trinajstić information content (AvgIpc) is 2.54. The molecule has 3 atom stereocenters. The summed E-state index contributed by atoms with van der Waals surface area (Å²) in [7, 11) is 0. The Morgan fingerprint density at radius 3 is 2.56 bits per heavy atom. The van der Waals surface area contributed by atoms with E-state index in [1.807, 2.05) is 31.2 Å². The first kappa shape index (κ1) is 17.3. The third kappa shape index (κ3) is 2.75. The number of rotatable bonds is 4. The Labute approximate surface area is 147 Å². The topological polar surface area (TPSA) is 73.9 Å². The highest BCUT2D eigenvalue weighted by Gasteiger charge is 2.57. The van der Waals surface area contributed by atoms with Gasteiger partial charge in [0.25, 0.3) is 0 Å². The average molecular weight is 345 g/mol. The molecule has 0 saturated heterocycles. The molecule has 2 heterocycles. The molecule has 2 aliphatic heterocycles. The Morgan fingerprint density at radius 2 is 1.88 bits per heavy atom. The number of benzene rings is 1. The van der Waals surface area contributed by atoms with E-state index < -0.39 is 29.5 Å². The Bertz CT molecular complexity index is 741. The lowest BCUT2D eigenvalue weighted by Gasteiger charge is -2.50. The zero-order valence-corrected chi connectivity index (χ0v) is 14.9. The van der Waals surface area contributed by atoms with Crippen molar-refractivity contribution in [2.45, 2.75) is 39.3 Å². The predicted molar refractivity (Wildman–Crippen MR) is 90.8 cm³/mol. The number of carbonyl (C=O) groups is 2. The second kappa shape index (κ2) is 6.43. The van der Waals surface area contributed by atoms with Gasteiger partial charge in [-0.3, -0.25) is 4.79 Å². The predicted octanol–water partition coefficient (Wildman–Crippen LogP) is 2.50. The molecule has 0 aliphatic carbocycles. The maximum Gasteiger partial charge on any atom is 0.336 e. The van der Waals surface area contributed by atoms with E-state index in [2.05, 4.69) is 5.32 Å². The van der Waals surface area contributed by atoms with Crippen LogP contribution in [0.3, 0.4) is 0 Å². The minimum absolute atomic E-state index is 0.261. The number of hydrogen-bond donors (Lipinski definition) is 1. The van der Waals surface area contributed by atoms with Crippen molar-refractivity contribution in [2.24, 2.45) is 5.92 Å². The van der Waals surface area contributed by atoms with Gasteiger partial charge in [-0.1, -0.05) is 18.2 Å². The summed E-state index contributed by atoms with van der Waals surface area (Å²) in [5, 5.41) is 3.20. The summed E-state index contributed by atoms with van der Waals surface area (Å²) >= 11 is 0. The lowest BCUT2D eigenvalue weighted by Crippen LogP contribution is -2.63. The number of esters is 2. The van der Waals surface area contributed by atoms with E-state index in [0.717, 1.165) is 5.56 Å². The molecule has 0 radical (unpaired) electrons. The quantitative estimate of drug-likeness (QED) is 0.845. The molecule has 3 rings (SSSR count). The number of nitrogens with one attached hydrogen (secondary N) is 1. The number of allylic oxidation sites excluding steroid dienone is 1. The van der Waals surface area contributed by atoms with Gasteiger partial charge in [-0.05, 0) is 33.8 Å². The normalized spacial score (nSPS) is 26.9. The van der Waals surface area contributed by atoms with Crippen LogP contribution in [0.25, 0.3) is 0 Å². The molecule has 6 nitrogen and oxygen atoms in total. The smallest absolute Gasteiger partial charge is 0.336 e. The maximum atomic E-state index is 12.7. The van der Waals surface area contributed by atoms with Crippen LogP contribution in [-0.4, -0.2) is 30.9 Å². The van der Waals surface area contributed by atoms with Gasteiger partial charge >= 0.3 is 11.9 Å². The van der Waals surface area contributed by atoms with E-state index in [1.54, 1.807) is 20.8 Å². The molecule has 25 heavy (non-hydrogen) atoms. The van der Waals surface area contributed by atoms with Crippen molar-refractivity contribution in [3.63, 3.8) is 0 Å². The first-order valence-corrected chi connectivity index (χ1v) is 8.53. The van der Waals surface area contributed by atoms with Crippen LogP contribution in [0.15, 0.2) is 35.5 Å². The van der Waals surface area contributed by atoms with Gasteiger partial charge in [0.05, 0.1) is 18.8 Å². The summed E-state index contributed by atoms with van der Waals surface area (Å²) < 4.78 is 16.7. The third-order valence-corrected chi connectivity index (χ3v) is 4.69. The van der Waals surface area contributed by atoms with E-state index in [9.17, 15) is 9.59 Å². The van der Waals surface area contributed by atoms with Crippen LogP contribution in [-0.2, 0) is 19.1 Å². The highest BCUT2D eigenvalue weighted by molar-refractivity contribution is 5.94. The Hall–Kier alpha value is -2.50. The second-order valence-electron chi connectivity index (χ2n) is 6.34. The molecular weight excluding hydrogens is 322 g/mol. The Balaban J connectivity index is 2.19. The number of ether oxygens (including phenoxy) is 3. The Kier molecular flexibility index (Phi) is 4.45. The van der Waals surface area contributed by atoms with Gasteiger partial charge in [-0.25, -0.2) is 4.79 Å². The number of carbonyl (C=O) groups excluding carboxylic acids is 2. The fourth-order valence-corrected chi connectivity index (χ4v) is 3.80. The second-order valence-corrected chi connectivity index (χ2v) is 6.34. The lowest BCUT2D eigenvalue weighted by atomic mass is 9.70. The largest absolute Gasteiger partial charge is 0.467 e. The van der Waals surface area contributed by atoms with Crippen LogP contribution in [0.2, 0.25) is 0 Å². The molecule has 6 heteroatoms. The molecule has 134 valence electrons. The Morgan fingerprint density at radius 1 is 1.20 bits per heavy atom. The minimum Gasteiger partial charge on any atom is -0.467 e. The fraction of sp³-hybridized carbons (Fsp3) is 0.474. The highest BCUT2D eigenvalue weighted by atomic mass is 16.5. The molecule has 1 aromatic carbocycles. The zero-order chi connectivity index (χ0) is 18.2. The van der Waals surface area contributed by atoms with E-state index in [0.29, 0.717) is 17.0 Å². The van der Waals surface area contributed by atoms with Gasteiger partial charge in [-0.15, -0.1) is 0 Å². The van der Waals surface area contributed by atoms with E-state index in [1.165, 1.54) is 0 Å². The molecule has 1 N–H and O–H groups in total.